The Morgan fingerprint density at radius 3 is 1.14 bits per heavy atom. The Balaban J connectivity index is 0.00000129. The first kappa shape index (κ1) is 97.4. The van der Waals surface area contributed by atoms with E-state index in [1.807, 2.05) is 128 Å². The topological polar surface area (TPSA) is 278 Å². The van der Waals surface area contributed by atoms with Gasteiger partial charge in [0, 0.05) is 80.9 Å². The van der Waals surface area contributed by atoms with Crippen LogP contribution in [-0.2, 0) is 109 Å². The molecule has 0 amide bonds. The molecule has 0 spiro atoms. The van der Waals surface area contributed by atoms with Crippen molar-refractivity contribution < 1.29 is 109 Å². The van der Waals surface area contributed by atoms with Crippen LogP contribution < -0.4 is 0 Å². The third kappa shape index (κ3) is 62.8. The maximum Gasteiger partial charge on any atom is 0.333 e. The lowest BCUT2D eigenvalue weighted by Gasteiger charge is -2.19. The second kappa shape index (κ2) is 63.7. The van der Waals surface area contributed by atoms with Crippen molar-refractivity contribution in [1.29, 1.82) is 0 Å². The molecule has 2 aromatic rings. The van der Waals surface area contributed by atoms with Crippen molar-refractivity contribution in [3.05, 3.63) is 133 Å². The molecule has 1 fully saturated rings. The minimum absolute atomic E-state index is 0.0690. The zero-order chi connectivity index (χ0) is 77.7. The van der Waals surface area contributed by atoms with Crippen LogP contribution in [0.4, 0.5) is 0 Å². The molecule has 104 heavy (non-hydrogen) atoms. The third-order valence-corrected chi connectivity index (χ3v) is 16.0. The van der Waals surface area contributed by atoms with Gasteiger partial charge in [0.15, 0.2) is 0 Å². The van der Waals surface area contributed by atoms with Crippen LogP contribution >= 0.6 is 35.3 Å². The fourth-order valence-corrected chi connectivity index (χ4v) is 10.0. The molecule has 4 atom stereocenters. The van der Waals surface area contributed by atoms with Gasteiger partial charge < -0.3 is 71.1 Å². The van der Waals surface area contributed by atoms with Crippen molar-refractivity contribution >= 4 is 83.0 Å². The van der Waals surface area contributed by atoms with Gasteiger partial charge >= 0.3 is 47.8 Å². The molecule has 2 aliphatic rings. The van der Waals surface area contributed by atoms with Gasteiger partial charge in [0.05, 0.1) is 109 Å². The van der Waals surface area contributed by atoms with E-state index < -0.39 is 23.9 Å². The standard InChI is InChI=1S/C20H28O5S.C19H26O5S.C14H22O3S.C13H22O5.C12H20O5/c1-15(2)20(22)23-12-8-11-19(21)25-17(13-24-16(3)4)14-26-18-9-6-5-7-10-18;1-4-18(20)22-12-8-11-19(21)24-16(13-23-15(2)3)14-25-17-9-6-5-7-10-17;1-11(2)15-9-13(17-8-12-7-16-12)10-18-14-5-3-4-6-14;1-10(2)13(15)18-7-5-6-12(14)17-9-8-16-11(3)4;1-4-11(13)16-7-5-6-12(14)17-9-8-15-10(2)3/h5-7,9-10,16-17H,1,8,11-14H2,2-4H3;4-7,9-10,15-16H,1,8,11-14H2,2-3H3;3,5-6,11-13H,4,7-10H2,1-2H3;11H,1,5-9H2,2-4H3;4,10H,1,5-9H2,2-3H3. The van der Waals surface area contributed by atoms with Crippen molar-refractivity contribution in [1.82, 2.24) is 0 Å². The smallest absolute Gasteiger partial charge is 0.333 e. The van der Waals surface area contributed by atoms with Crippen LogP contribution in [0.3, 0.4) is 0 Å². The average Bonchev–Trinajstić information content (AvgIpc) is 1.70. The molecule has 1 aliphatic carbocycles. The highest BCUT2D eigenvalue weighted by molar-refractivity contribution is 8.03. The van der Waals surface area contributed by atoms with E-state index in [0.717, 1.165) is 40.7 Å². The summed E-state index contributed by atoms with van der Waals surface area (Å²) in [6.45, 7) is 41.2. The highest BCUT2D eigenvalue weighted by Crippen LogP contribution is 2.25. The number of ether oxygens (including phenoxy) is 15. The maximum atomic E-state index is 12.0. The van der Waals surface area contributed by atoms with Gasteiger partial charge in [-0.2, -0.15) is 0 Å². The molecule has 26 heteroatoms. The Hall–Kier alpha value is -6.59. The molecule has 23 nitrogen and oxygen atoms in total. The van der Waals surface area contributed by atoms with E-state index >= 15 is 0 Å². The number of allylic oxidation sites excluding steroid dienone is 3. The van der Waals surface area contributed by atoms with E-state index in [-0.39, 0.29) is 138 Å². The Morgan fingerprint density at radius 1 is 0.452 bits per heavy atom. The second-order valence-electron chi connectivity index (χ2n) is 24.4. The molecule has 1 aliphatic heterocycles. The molecule has 0 aromatic heterocycles. The number of epoxide rings is 1. The molecular formula is C78H118O23S3. The van der Waals surface area contributed by atoms with Crippen LogP contribution in [0.15, 0.2) is 143 Å². The van der Waals surface area contributed by atoms with Crippen molar-refractivity contribution in [2.45, 2.75) is 206 Å². The van der Waals surface area contributed by atoms with Gasteiger partial charge in [0.25, 0.3) is 0 Å². The fourth-order valence-electron chi connectivity index (χ4n) is 7.25. The first-order chi connectivity index (χ1) is 49.6. The summed E-state index contributed by atoms with van der Waals surface area (Å²) in [5.74, 6) is -0.936. The van der Waals surface area contributed by atoms with E-state index in [1.54, 1.807) is 37.4 Å². The van der Waals surface area contributed by atoms with Crippen LogP contribution in [0.25, 0.3) is 0 Å². The first-order valence-corrected chi connectivity index (χ1v) is 38.2. The molecule has 2 aromatic carbocycles. The van der Waals surface area contributed by atoms with E-state index in [2.05, 4.69) is 58.4 Å². The largest absolute Gasteiger partial charge is 0.463 e. The molecule has 0 radical (unpaired) electrons. The van der Waals surface area contributed by atoms with Gasteiger partial charge in [-0.1, -0.05) is 80.9 Å². The average molecular weight is 1520 g/mol. The van der Waals surface area contributed by atoms with Gasteiger partial charge in [-0.25, -0.2) is 19.2 Å². The lowest BCUT2D eigenvalue weighted by atomic mass is 10.3. The summed E-state index contributed by atoms with van der Waals surface area (Å²) in [4.78, 5) is 93.9. The number of rotatable bonds is 51. The van der Waals surface area contributed by atoms with Crippen molar-refractivity contribution in [2.24, 2.45) is 0 Å². The van der Waals surface area contributed by atoms with E-state index in [9.17, 15) is 38.4 Å². The van der Waals surface area contributed by atoms with Gasteiger partial charge in [0.1, 0.15) is 31.5 Å². The Labute approximate surface area is 631 Å². The number of benzene rings is 2. The van der Waals surface area contributed by atoms with E-state index in [1.165, 1.54) is 4.91 Å². The summed E-state index contributed by atoms with van der Waals surface area (Å²) in [6.07, 6.45) is 12.9. The number of thioether (sulfide) groups is 3. The van der Waals surface area contributed by atoms with E-state index in [0.29, 0.717) is 94.1 Å². The summed E-state index contributed by atoms with van der Waals surface area (Å²) in [5.41, 5.74) is 0.694. The molecule has 1 saturated heterocycles. The Bertz CT molecular complexity index is 2780. The van der Waals surface area contributed by atoms with E-state index in [4.69, 9.17) is 71.1 Å². The number of hydrogen-bond acceptors (Lipinski definition) is 26. The maximum absolute atomic E-state index is 12.0. The normalized spacial score (nSPS) is 13.3. The molecule has 1 heterocycles. The fraction of sp³-hybridized carbons (Fsp3) is 0.590. The van der Waals surface area contributed by atoms with Crippen molar-refractivity contribution in [3.63, 3.8) is 0 Å². The molecule has 0 N–H and O–H groups in total. The minimum Gasteiger partial charge on any atom is -0.463 e. The molecule has 586 valence electrons. The van der Waals surface area contributed by atoms with Gasteiger partial charge in [-0.05, 0) is 139 Å². The summed E-state index contributed by atoms with van der Waals surface area (Å²) >= 11 is 5.09. The highest BCUT2D eigenvalue weighted by Gasteiger charge is 2.25. The predicted octanol–water partition coefficient (Wildman–Crippen LogP) is 13.7. The summed E-state index contributed by atoms with van der Waals surface area (Å²) < 4.78 is 78.5. The first-order valence-electron chi connectivity index (χ1n) is 35.2. The summed E-state index contributed by atoms with van der Waals surface area (Å²) in [7, 11) is 0. The minimum atomic E-state index is -0.490. The summed E-state index contributed by atoms with van der Waals surface area (Å²) in [6, 6.07) is 19.9. The second-order valence-corrected chi connectivity index (χ2v) is 27.6. The summed E-state index contributed by atoms with van der Waals surface area (Å²) in [5, 5.41) is 0. The zero-order valence-electron chi connectivity index (χ0n) is 63.5. The Kier molecular flexibility index (Phi) is 59.6. The third-order valence-electron chi connectivity index (χ3n) is 12.6. The monoisotopic (exact) mass is 1520 g/mol. The van der Waals surface area contributed by atoms with Gasteiger partial charge in [-0.3, -0.25) is 19.2 Å². The van der Waals surface area contributed by atoms with Crippen LogP contribution in [0.1, 0.15) is 141 Å². The van der Waals surface area contributed by atoms with Crippen LogP contribution in [-0.4, -0.2) is 206 Å². The predicted molar refractivity (Wildman–Crippen MR) is 406 cm³/mol. The SMILES string of the molecule is C=C(C)C(=O)OCCCC(=O)OC(COC(C)C)CSc1ccccc1.C=C(C)C(=O)OCCCC(=O)OCCOC(C)C.C=CC(=O)OCCCC(=O)OC(COC(C)C)CSc1ccccc1.C=CC(=O)OCCCC(=O)OCCOC(C)C.CC(C)OCC(CSC1=CCC=C1)OCC1CO1. The van der Waals surface area contributed by atoms with Gasteiger partial charge in [-0.15, -0.1) is 35.3 Å². The Morgan fingerprint density at radius 2 is 0.808 bits per heavy atom. The number of carbonyl (C=O) groups excluding carboxylic acids is 8. The number of hydrogen-bond donors (Lipinski definition) is 0. The molecule has 0 saturated carbocycles. The van der Waals surface area contributed by atoms with Gasteiger partial charge in [0.2, 0.25) is 0 Å². The molecular weight excluding hydrogens is 1400 g/mol. The number of esters is 8. The molecule has 0 bridgehead atoms. The molecule has 4 rings (SSSR count). The molecule has 4 unspecified atom stereocenters. The zero-order valence-corrected chi connectivity index (χ0v) is 65.9. The highest BCUT2D eigenvalue weighted by atomic mass is 32.2. The quantitative estimate of drug-likeness (QED) is 0.0149. The van der Waals surface area contributed by atoms with Crippen LogP contribution in [0.5, 0.6) is 0 Å². The van der Waals surface area contributed by atoms with Crippen molar-refractivity contribution in [3.8, 4) is 0 Å². The lowest BCUT2D eigenvalue weighted by Crippen LogP contribution is -2.27. The van der Waals surface area contributed by atoms with Crippen molar-refractivity contribution in [2.75, 3.05) is 103 Å². The number of carbonyl (C=O) groups is 8. The van der Waals surface area contributed by atoms with Crippen LogP contribution in [0, 0.1) is 0 Å². The lowest BCUT2D eigenvalue weighted by molar-refractivity contribution is -0.153. The van der Waals surface area contributed by atoms with Crippen LogP contribution in [0.2, 0.25) is 0 Å².